The summed E-state index contributed by atoms with van der Waals surface area (Å²) < 4.78 is 31.3. The van der Waals surface area contributed by atoms with E-state index in [9.17, 15) is 17.8 Å². The first-order valence-corrected chi connectivity index (χ1v) is 7.27. The average molecular weight is 302 g/mol. The van der Waals surface area contributed by atoms with Crippen molar-refractivity contribution >= 4 is 16.1 Å². The van der Waals surface area contributed by atoms with E-state index in [2.05, 4.69) is 0 Å². The maximum atomic E-state index is 10.4. The van der Waals surface area contributed by atoms with Crippen molar-refractivity contribution in [2.75, 3.05) is 0 Å². The molecule has 0 unspecified atom stereocenters. The molecular weight excluding hydrogens is 282 g/mol. The van der Waals surface area contributed by atoms with Gasteiger partial charge in [0.1, 0.15) is 16.2 Å². The molecule has 1 rings (SSSR count). The standard InChI is InChI=1S/C7H8O3S.C6H13NO2/c1-6-3-2-4-7(5-6)11(8,9)10;1-6(2,3)4(7)5(8)9/h2-5H,1H3,(H,8,9,10);4H,7H2,1-3H3,(H,8,9)/p-1/t;4-/m.1/s1. The molecule has 0 aromatic heterocycles. The molecule has 0 saturated carbocycles. The van der Waals surface area contributed by atoms with Gasteiger partial charge in [-0.1, -0.05) is 32.9 Å². The number of nitrogens with two attached hydrogens (primary N) is 1. The van der Waals surface area contributed by atoms with Crippen molar-refractivity contribution in [3.63, 3.8) is 0 Å². The number of hydrogen-bond donors (Lipinski definition) is 2. The first-order valence-electron chi connectivity index (χ1n) is 5.86. The van der Waals surface area contributed by atoms with Gasteiger partial charge in [-0.15, -0.1) is 0 Å². The summed E-state index contributed by atoms with van der Waals surface area (Å²) in [6.07, 6.45) is 0. The Morgan fingerprint density at radius 2 is 1.85 bits per heavy atom. The predicted molar refractivity (Wildman–Crippen MR) is 74.2 cm³/mol. The van der Waals surface area contributed by atoms with Gasteiger partial charge in [-0.3, -0.25) is 4.79 Å². The van der Waals surface area contributed by atoms with Crippen molar-refractivity contribution in [3.05, 3.63) is 29.8 Å². The van der Waals surface area contributed by atoms with Gasteiger partial charge in [-0.05, 0) is 30.0 Å². The number of carbonyl (C=O) groups is 1. The number of aryl methyl sites for hydroxylation is 1. The first kappa shape index (κ1) is 18.6. The number of carboxylic acids is 1. The molecule has 1 aromatic carbocycles. The molecule has 0 fully saturated rings. The van der Waals surface area contributed by atoms with Crippen LogP contribution in [0, 0.1) is 12.3 Å². The van der Waals surface area contributed by atoms with Crippen molar-refractivity contribution in [1.82, 2.24) is 0 Å². The van der Waals surface area contributed by atoms with E-state index in [0.29, 0.717) is 0 Å². The SMILES string of the molecule is CC(C)(C)[C@H](N)C(=O)O.Cc1cccc(S(=O)(=O)[O-])c1. The average Bonchev–Trinajstić information content (AvgIpc) is 2.26. The number of carboxylic acid groups (broad SMARTS) is 1. The molecule has 0 heterocycles. The summed E-state index contributed by atoms with van der Waals surface area (Å²) in [5, 5.41) is 8.39. The summed E-state index contributed by atoms with van der Waals surface area (Å²) in [4.78, 5) is 10.1. The molecule has 114 valence electrons. The van der Waals surface area contributed by atoms with Crippen LogP contribution in [0.4, 0.5) is 0 Å². The molecule has 6 nitrogen and oxygen atoms in total. The second-order valence-electron chi connectivity index (χ2n) is 5.45. The lowest BCUT2D eigenvalue weighted by molar-refractivity contribution is -0.141. The lowest BCUT2D eigenvalue weighted by atomic mass is 9.88. The molecule has 0 aliphatic heterocycles. The van der Waals surface area contributed by atoms with Gasteiger partial charge in [0.2, 0.25) is 0 Å². The van der Waals surface area contributed by atoms with Crippen LogP contribution >= 0.6 is 0 Å². The van der Waals surface area contributed by atoms with Gasteiger partial charge in [0.05, 0.1) is 4.90 Å². The van der Waals surface area contributed by atoms with E-state index >= 15 is 0 Å². The zero-order chi connectivity index (χ0) is 16.1. The van der Waals surface area contributed by atoms with Gasteiger partial charge in [-0.2, -0.15) is 0 Å². The first-order chi connectivity index (χ1) is 8.85. The van der Waals surface area contributed by atoms with Crippen LogP contribution in [0.15, 0.2) is 29.2 Å². The second-order valence-corrected chi connectivity index (χ2v) is 6.83. The van der Waals surface area contributed by atoms with Crippen LogP contribution in [-0.4, -0.2) is 30.1 Å². The summed E-state index contributed by atoms with van der Waals surface area (Å²) in [5.41, 5.74) is 5.72. The van der Waals surface area contributed by atoms with E-state index in [1.54, 1.807) is 39.8 Å². The Balaban J connectivity index is 0.000000370. The molecule has 20 heavy (non-hydrogen) atoms. The van der Waals surface area contributed by atoms with Crippen molar-refractivity contribution in [1.29, 1.82) is 0 Å². The summed E-state index contributed by atoms with van der Waals surface area (Å²) >= 11 is 0. The van der Waals surface area contributed by atoms with Gasteiger partial charge < -0.3 is 15.4 Å². The normalized spacial score (nSPS) is 13.1. The van der Waals surface area contributed by atoms with E-state index in [4.69, 9.17) is 10.8 Å². The Hall–Kier alpha value is -1.44. The maximum absolute atomic E-state index is 10.4. The van der Waals surface area contributed by atoms with Gasteiger partial charge >= 0.3 is 5.97 Å². The molecule has 0 amide bonds. The third-order valence-corrected chi connectivity index (χ3v) is 3.31. The van der Waals surface area contributed by atoms with E-state index in [1.807, 2.05) is 0 Å². The molecule has 7 heteroatoms. The third-order valence-electron chi connectivity index (χ3n) is 2.48. The minimum absolute atomic E-state index is 0.169. The quantitative estimate of drug-likeness (QED) is 0.795. The van der Waals surface area contributed by atoms with Crippen molar-refractivity contribution < 1.29 is 22.9 Å². The van der Waals surface area contributed by atoms with Crippen LogP contribution in [0.3, 0.4) is 0 Å². The smallest absolute Gasteiger partial charge is 0.321 e. The Kier molecular flexibility index (Phi) is 6.33. The number of benzene rings is 1. The van der Waals surface area contributed by atoms with Gasteiger partial charge in [-0.25, -0.2) is 8.42 Å². The van der Waals surface area contributed by atoms with Crippen LogP contribution < -0.4 is 5.73 Å². The Bertz CT molecular complexity index is 560. The van der Waals surface area contributed by atoms with E-state index in [0.717, 1.165) is 5.56 Å². The number of rotatable bonds is 2. The molecular formula is C13H20NO5S-. The summed E-state index contributed by atoms with van der Waals surface area (Å²) in [6.45, 7) is 7.12. The van der Waals surface area contributed by atoms with Gasteiger partial charge in [0.15, 0.2) is 0 Å². The van der Waals surface area contributed by atoms with Crippen LogP contribution in [0.5, 0.6) is 0 Å². The molecule has 0 aliphatic carbocycles. The zero-order valence-corrected chi connectivity index (χ0v) is 12.8. The summed E-state index contributed by atoms with van der Waals surface area (Å²) in [7, 11) is -4.28. The van der Waals surface area contributed by atoms with Crippen molar-refractivity contribution in [2.45, 2.75) is 38.6 Å². The highest BCUT2D eigenvalue weighted by Gasteiger charge is 2.26. The molecule has 0 spiro atoms. The third kappa shape index (κ3) is 6.65. The van der Waals surface area contributed by atoms with Gasteiger partial charge in [0, 0.05) is 0 Å². The highest BCUT2D eigenvalue weighted by molar-refractivity contribution is 7.85. The fraction of sp³-hybridized carbons (Fsp3) is 0.462. The van der Waals surface area contributed by atoms with Crippen LogP contribution in [-0.2, 0) is 14.9 Å². The molecule has 0 radical (unpaired) electrons. The fourth-order valence-corrected chi connectivity index (χ4v) is 1.72. The molecule has 1 aromatic rings. The van der Waals surface area contributed by atoms with Crippen LogP contribution in [0.2, 0.25) is 0 Å². The van der Waals surface area contributed by atoms with E-state index in [-0.39, 0.29) is 10.3 Å². The maximum Gasteiger partial charge on any atom is 0.321 e. The topological polar surface area (TPSA) is 121 Å². The van der Waals surface area contributed by atoms with Gasteiger partial charge in [0.25, 0.3) is 0 Å². The fourth-order valence-electron chi connectivity index (χ4n) is 1.14. The molecule has 3 N–H and O–H groups in total. The van der Waals surface area contributed by atoms with Crippen LogP contribution in [0.25, 0.3) is 0 Å². The van der Waals surface area contributed by atoms with Crippen LogP contribution in [0.1, 0.15) is 26.3 Å². The Labute approximate surface area is 119 Å². The Morgan fingerprint density at radius 1 is 1.35 bits per heavy atom. The number of hydrogen-bond acceptors (Lipinski definition) is 5. The lowest BCUT2D eigenvalue weighted by Crippen LogP contribution is -2.41. The largest absolute Gasteiger partial charge is 0.744 e. The monoisotopic (exact) mass is 302 g/mol. The highest BCUT2D eigenvalue weighted by atomic mass is 32.2. The minimum Gasteiger partial charge on any atom is -0.744 e. The van der Waals surface area contributed by atoms with Crippen molar-refractivity contribution in [2.24, 2.45) is 11.1 Å². The molecule has 0 saturated heterocycles. The molecule has 0 bridgehead atoms. The minimum atomic E-state index is -4.28. The predicted octanol–water partition coefficient (Wildman–Crippen LogP) is 1.34. The highest BCUT2D eigenvalue weighted by Crippen LogP contribution is 2.16. The van der Waals surface area contributed by atoms with E-state index in [1.165, 1.54) is 12.1 Å². The van der Waals surface area contributed by atoms with E-state index < -0.39 is 22.1 Å². The number of aliphatic carboxylic acids is 1. The molecule has 0 aliphatic rings. The Morgan fingerprint density at radius 3 is 2.05 bits per heavy atom. The summed E-state index contributed by atoms with van der Waals surface area (Å²) in [5.74, 6) is -0.942. The second kappa shape index (κ2) is 6.83. The lowest BCUT2D eigenvalue weighted by Gasteiger charge is -2.22. The summed E-state index contributed by atoms with van der Waals surface area (Å²) in [6, 6.07) is 5.14. The van der Waals surface area contributed by atoms with Crippen molar-refractivity contribution in [3.8, 4) is 0 Å². The molecule has 1 atom stereocenters. The zero-order valence-electron chi connectivity index (χ0n) is 12.0.